The van der Waals surface area contributed by atoms with E-state index in [1.807, 2.05) is 0 Å². The molecular formula is C11H13F3O2. The zero-order valence-corrected chi connectivity index (χ0v) is 9.27. The van der Waals surface area contributed by atoms with Gasteiger partial charge in [-0.05, 0) is 0 Å². The molecule has 0 heterocycles. The molecule has 0 radical (unpaired) electrons. The summed E-state index contributed by atoms with van der Waals surface area (Å²) < 4.78 is 45.0. The van der Waals surface area contributed by atoms with Crippen LogP contribution in [0.25, 0.3) is 0 Å². The number of methoxy groups -OCH3 is 1. The normalized spacial score (nSPS) is 11.7. The Kier molecular flexibility index (Phi) is 3.48. The standard InChI is InChI=1S/C11H13F3O2/c1-11(2,5-15)8-9(13)6(12)4-7(16-3)10(8)14/h4,15H,5H2,1-3H3. The molecule has 0 aliphatic rings. The van der Waals surface area contributed by atoms with Gasteiger partial charge in [0.1, 0.15) is 0 Å². The van der Waals surface area contributed by atoms with Gasteiger partial charge in [0, 0.05) is 17.0 Å². The summed E-state index contributed by atoms with van der Waals surface area (Å²) in [7, 11) is 1.16. The molecule has 1 aromatic carbocycles. The molecule has 0 aliphatic heterocycles. The largest absolute Gasteiger partial charge is 0.494 e. The highest BCUT2D eigenvalue weighted by Crippen LogP contribution is 2.34. The maximum Gasteiger partial charge on any atom is 0.172 e. The average molecular weight is 234 g/mol. The second-order valence-corrected chi connectivity index (χ2v) is 4.11. The highest BCUT2D eigenvalue weighted by Gasteiger charge is 2.31. The summed E-state index contributed by atoms with van der Waals surface area (Å²) in [6.45, 7) is 2.31. The van der Waals surface area contributed by atoms with Crippen LogP contribution in [0.3, 0.4) is 0 Å². The Morgan fingerprint density at radius 2 is 1.81 bits per heavy atom. The van der Waals surface area contributed by atoms with Crippen molar-refractivity contribution in [1.29, 1.82) is 0 Å². The van der Waals surface area contributed by atoms with Crippen LogP contribution in [0.1, 0.15) is 19.4 Å². The van der Waals surface area contributed by atoms with E-state index in [0.29, 0.717) is 6.07 Å². The minimum Gasteiger partial charge on any atom is -0.494 e. The van der Waals surface area contributed by atoms with E-state index < -0.39 is 35.0 Å². The summed E-state index contributed by atoms with van der Waals surface area (Å²) in [5.41, 5.74) is -1.73. The average Bonchev–Trinajstić information content (AvgIpc) is 2.23. The van der Waals surface area contributed by atoms with E-state index in [1.54, 1.807) is 0 Å². The van der Waals surface area contributed by atoms with Crippen molar-refractivity contribution in [3.63, 3.8) is 0 Å². The van der Waals surface area contributed by atoms with Gasteiger partial charge in [0.05, 0.1) is 13.7 Å². The molecule has 90 valence electrons. The van der Waals surface area contributed by atoms with Crippen molar-refractivity contribution >= 4 is 0 Å². The molecule has 0 aliphatic carbocycles. The monoisotopic (exact) mass is 234 g/mol. The first-order valence-corrected chi connectivity index (χ1v) is 4.68. The molecule has 0 bridgehead atoms. The van der Waals surface area contributed by atoms with E-state index in [2.05, 4.69) is 4.74 Å². The number of hydrogen-bond donors (Lipinski definition) is 1. The predicted molar refractivity (Wildman–Crippen MR) is 53.0 cm³/mol. The van der Waals surface area contributed by atoms with Gasteiger partial charge in [0.15, 0.2) is 23.2 Å². The number of hydrogen-bond acceptors (Lipinski definition) is 2. The smallest absolute Gasteiger partial charge is 0.172 e. The molecule has 5 heteroatoms. The Labute approximate surface area is 91.7 Å². The van der Waals surface area contributed by atoms with Crippen LogP contribution in [0, 0.1) is 17.5 Å². The van der Waals surface area contributed by atoms with Gasteiger partial charge < -0.3 is 9.84 Å². The van der Waals surface area contributed by atoms with E-state index in [-0.39, 0.29) is 5.75 Å². The molecule has 0 aromatic heterocycles. The van der Waals surface area contributed by atoms with Crippen LogP contribution in [-0.4, -0.2) is 18.8 Å². The third-order valence-corrected chi connectivity index (χ3v) is 2.41. The van der Waals surface area contributed by atoms with E-state index in [4.69, 9.17) is 5.11 Å². The first-order chi connectivity index (χ1) is 7.35. The molecule has 0 saturated heterocycles. The maximum absolute atomic E-state index is 13.8. The predicted octanol–water partition coefficient (Wildman–Crippen LogP) is 2.38. The zero-order chi connectivity index (χ0) is 12.5. The topological polar surface area (TPSA) is 29.5 Å². The van der Waals surface area contributed by atoms with Gasteiger partial charge in [-0.3, -0.25) is 0 Å². The minimum atomic E-state index is -1.29. The number of ether oxygens (including phenoxy) is 1. The van der Waals surface area contributed by atoms with Gasteiger partial charge in [0.2, 0.25) is 0 Å². The van der Waals surface area contributed by atoms with E-state index in [0.717, 1.165) is 7.11 Å². The zero-order valence-electron chi connectivity index (χ0n) is 9.27. The molecule has 0 saturated carbocycles. The summed E-state index contributed by atoms with van der Waals surface area (Å²) in [4.78, 5) is 0. The van der Waals surface area contributed by atoms with Crippen molar-refractivity contribution < 1.29 is 23.0 Å². The van der Waals surface area contributed by atoms with Crippen LogP contribution in [0.4, 0.5) is 13.2 Å². The Morgan fingerprint density at radius 1 is 1.25 bits per heavy atom. The Bertz CT molecular complexity index is 403. The van der Waals surface area contributed by atoms with Gasteiger partial charge in [0.25, 0.3) is 0 Å². The van der Waals surface area contributed by atoms with Gasteiger partial charge in [-0.1, -0.05) is 13.8 Å². The second-order valence-electron chi connectivity index (χ2n) is 4.11. The summed E-state index contributed by atoms with van der Waals surface area (Å²) in [6.07, 6.45) is 0. The van der Waals surface area contributed by atoms with Crippen molar-refractivity contribution in [2.75, 3.05) is 13.7 Å². The van der Waals surface area contributed by atoms with Gasteiger partial charge in [-0.25, -0.2) is 13.2 Å². The lowest BCUT2D eigenvalue weighted by Gasteiger charge is -2.24. The Balaban J connectivity index is 3.54. The van der Waals surface area contributed by atoms with Gasteiger partial charge >= 0.3 is 0 Å². The fourth-order valence-electron chi connectivity index (χ4n) is 1.40. The Morgan fingerprint density at radius 3 is 2.25 bits per heavy atom. The number of halogens is 3. The quantitative estimate of drug-likeness (QED) is 0.814. The summed E-state index contributed by atoms with van der Waals surface area (Å²) in [6, 6.07) is 0.640. The van der Waals surface area contributed by atoms with Crippen LogP contribution in [0.15, 0.2) is 6.07 Å². The summed E-state index contributed by atoms with van der Waals surface area (Å²) in [5, 5.41) is 9.05. The molecule has 16 heavy (non-hydrogen) atoms. The summed E-state index contributed by atoms with van der Waals surface area (Å²) in [5.74, 6) is -3.86. The molecule has 1 aromatic rings. The van der Waals surface area contributed by atoms with Crippen LogP contribution >= 0.6 is 0 Å². The minimum absolute atomic E-state index is 0.379. The maximum atomic E-state index is 13.8. The number of aliphatic hydroxyl groups is 1. The van der Waals surface area contributed by atoms with E-state index in [9.17, 15) is 13.2 Å². The third kappa shape index (κ3) is 2.00. The fourth-order valence-corrected chi connectivity index (χ4v) is 1.40. The molecule has 0 atom stereocenters. The SMILES string of the molecule is COc1cc(F)c(F)c(C(C)(C)CO)c1F. The van der Waals surface area contributed by atoms with Gasteiger partial charge in [-0.2, -0.15) is 0 Å². The van der Waals surface area contributed by atoms with E-state index >= 15 is 0 Å². The highest BCUT2D eigenvalue weighted by atomic mass is 19.2. The number of aliphatic hydroxyl groups excluding tert-OH is 1. The molecule has 1 rings (SSSR count). The van der Waals surface area contributed by atoms with Crippen molar-refractivity contribution in [3.05, 3.63) is 29.1 Å². The van der Waals surface area contributed by atoms with Crippen LogP contribution in [0.5, 0.6) is 5.75 Å². The van der Waals surface area contributed by atoms with Crippen molar-refractivity contribution in [2.24, 2.45) is 0 Å². The second kappa shape index (κ2) is 4.33. The highest BCUT2D eigenvalue weighted by molar-refractivity contribution is 5.37. The number of rotatable bonds is 3. The summed E-state index contributed by atoms with van der Waals surface area (Å²) >= 11 is 0. The van der Waals surface area contributed by atoms with Crippen LogP contribution in [0.2, 0.25) is 0 Å². The molecule has 0 amide bonds. The van der Waals surface area contributed by atoms with Crippen LogP contribution in [-0.2, 0) is 5.41 Å². The van der Waals surface area contributed by atoms with Crippen molar-refractivity contribution in [2.45, 2.75) is 19.3 Å². The Hall–Kier alpha value is -1.23. The molecule has 2 nitrogen and oxygen atoms in total. The molecule has 0 unspecified atom stereocenters. The van der Waals surface area contributed by atoms with Crippen LogP contribution < -0.4 is 4.74 Å². The first kappa shape index (κ1) is 12.8. The number of benzene rings is 1. The lowest BCUT2D eigenvalue weighted by molar-refractivity contribution is 0.208. The van der Waals surface area contributed by atoms with Crippen molar-refractivity contribution in [1.82, 2.24) is 0 Å². The lowest BCUT2D eigenvalue weighted by atomic mass is 9.84. The van der Waals surface area contributed by atoms with E-state index in [1.165, 1.54) is 13.8 Å². The van der Waals surface area contributed by atoms with Gasteiger partial charge in [-0.15, -0.1) is 0 Å². The molecular weight excluding hydrogens is 221 g/mol. The first-order valence-electron chi connectivity index (χ1n) is 4.68. The molecule has 1 N–H and O–H groups in total. The molecule has 0 fully saturated rings. The fraction of sp³-hybridized carbons (Fsp3) is 0.455. The third-order valence-electron chi connectivity index (χ3n) is 2.41. The lowest BCUT2D eigenvalue weighted by Crippen LogP contribution is -2.26. The van der Waals surface area contributed by atoms with Crippen molar-refractivity contribution in [3.8, 4) is 5.75 Å². The molecule has 0 spiro atoms.